The van der Waals surface area contributed by atoms with E-state index in [2.05, 4.69) is 194 Å². The molecule has 13 rings (SSSR count). The first-order chi connectivity index (χ1) is 49.7. The van der Waals surface area contributed by atoms with Crippen LogP contribution in [0.15, 0.2) is 146 Å². The molecule has 29 heteroatoms. The van der Waals surface area contributed by atoms with Crippen molar-refractivity contribution in [2.45, 2.75) is 106 Å². The van der Waals surface area contributed by atoms with Crippen molar-refractivity contribution < 1.29 is 33.2 Å². The molecule has 22 nitrogen and oxygen atoms in total. The van der Waals surface area contributed by atoms with Crippen LogP contribution in [0.3, 0.4) is 0 Å². The number of alkyl halides is 3. The Hall–Kier alpha value is -9.69. The molecule has 0 aliphatic carbocycles. The summed E-state index contributed by atoms with van der Waals surface area (Å²) in [6.45, 7) is 18.1. The second-order valence-electron chi connectivity index (χ2n) is 24.5. The number of likely N-dealkylation sites (N-methyl/N-ethyl adjacent to an activating group) is 1. The van der Waals surface area contributed by atoms with Crippen LogP contribution in [0.1, 0.15) is 85.5 Å². The number of aryl methyl sites for hydroxylation is 7. The van der Waals surface area contributed by atoms with E-state index in [1.165, 1.54) is 73.8 Å². The molecular formula is C74H81F3N18O4S4. The Bertz CT molecular complexity index is 4680. The van der Waals surface area contributed by atoms with Crippen molar-refractivity contribution in [3.8, 4) is 48.6 Å². The molecule has 12 aromatic rings. The van der Waals surface area contributed by atoms with Gasteiger partial charge in [0.1, 0.15) is 48.6 Å². The molecule has 103 heavy (non-hydrogen) atoms. The summed E-state index contributed by atoms with van der Waals surface area (Å²) in [6.07, 6.45) is 12.4. The van der Waals surface area contributed by atoms with Gasteiger partial charge in [-0.15, -0.1) is 45.3 Å². The van der Waals surface area contributed by atoms with Gasteiger partial charge in [-0.3, -0.25) is 9.80 Å². The molecule has 0 amide bonds. The molecule has 4 aromatic carbocycles. The minimum Gasteiger partial charge on any atom is -0.497 e. The first-order valence-corrected chi connectivity index (χ1v) is 36.5. The zero-order valence-electron chi connectivity index (χ0n) is 58.5. The largest absolute Gasteiger partial charge is 0.497 e. The fraction of sp³-hybridized carbons (Fsp3) is 0.297. The van der Waals surface area contributed by atoms with Crippen LogP contribution in [-0.2, 0) is 32.3 Å². The molecule has 9 heterocycles. The lowest BCUT2D eigenvalue weighted by Gasteiger charge is -2.21. The zero-order valence-corrected chi connectivity index (χ0v) is 61.8. The number of rotatable bonds is 23. The van der Waals surface area contributed by atoms with Crippen LogP contribution in [0.25, 0.3) is 42.8 Å². The number of aromatic nitrogens is 12. The second-order valence-corrected chi connectivity index (χ2v) is 28.7. The lowest BCUT2D eigenvalue weighted by atomic mass is 10.1. The van der Waals surface area contributed by atoms with Crippen molar-refractivity contribution in [1.29, 1.82) is 0 Å². The van der Waals surface area contributed by atoms with Gasteiger partial charge < -0.3 is 41.3 Å². The van der Waals surface area contributed by atoms with Gasteiger partial charge in [-0.1, -0.05) is 31.5 Å². The van der Waals surface area contributed by atoms with Gasteiger partial charge in [-0.2, -0.15) is 13.2 Å². The van der Waals surface area contributed by atoms with E-state index in [-0.39, 0.29) is 43.2 Å². The summed E-state index contributed by atoms with van der Waals surface area (Å²) in [5.41, 5.74) is 13.0. The number of hydrogen-bond acceptors (Lipinski definition) is 26. The number of anilines is 8. The van der Waals surface area contributed by atoms with Crippen molar-refractivity contribution in [1.82, 2.24) is 69.6 Å². The Morgan fingerprint density at radius 2 is 0.971 bits per heavy atom. The Morgan fingerprint density at radius 3 is 1.39 bits per heavy atom. The minimum absolute atomic E-state index is 0.0611. The van der Waals surface area contributed by atoms with Crippen LogP contribution < -0.4 is 26.0 Å². The van der Waals surface area contributed by atoms with Gasteiger partial charge in [0.25, 0.3) is 0 Å². The third-order valence-electron chi connectivity index (χ3n) is 15.5. The highest BCUT2D eigenvalue weighted by molar-refractivity contribution is 7.15. The molecule has 8 aromatic heterocycles. The molecule has 1 atom stereocenters. The predicted octanol–water partition coefficient (Wildman–Crippen LogP) is 16.1. The van der Waals surface area contributed by atoms with Crippen molar-refractivity contribution in [2.24, 2.45) is 0 Å². The average Bonchev–Trinajstić information content (AvgIpc) is 1.31. The molecule has 0 unspecified atom stereocenters. The number of methoxy groups -OCH3 is 1. The monoisotopic (exact) mass is 1470 g/mol. The van der Waals surface area contributed by atoms with Crippen LogP contribution in [0.2, 0.25) is 0 Å². The lowest BCUT2D eigenvalue weighted by molar-refractivity contribution is -0.137. The molecular weight excluding hydrogens is 1390 g/mol. The van der Waals surface area contributed by atoms with Crippen LogP contribution in [0, 0.1) is 41.5 Å². The number of nitrogens with zero attached hydrogens (tertiary/aromatic N) is 14. The Balaban J connectivity index is 0.000000148. The summed E-state index contributed by atoms with van der Waals surface area (Å²) in [7, 11) is 3.27. The first-order valence-electron chi connectivity index (χ1n) is 33.1. The SMILES string of the molecule is CCCc1cnc(-c2ccnc(Nc3cc(C)cc(C)c3)n2)s1.COc1cc(Nc2nccc(-c3nc(CO)cs3)n2)cc(C(F)(F)F)c1.Cc1cc(C)cc(Nc2nccc(-c3ncc(CN(C)CCO)s3)n2)c1.Cc1cc(C)cc(Nc2nccc(-c3ncc(CN4CCC[C@H]4CO)s3)n2)c1. The first kappa shape index (κ1) is 76.0. The highest BCUT2D eigenvalue weighted by Crippen LogP contribution is 2.36. The van der Waals surface area contributed by atoms with E-state index in [0.29, 0.717) is 40.8 Å². The highest BCUT2D eigenvalue weighted by Gasteiger charge is 2.32. The number of ether oxygens (including phenoxy) is 1. The molecule has 1 fully saturated rings. The Labute approximate surface area is 612 Å². The maximum atomic E-state index is 13.0. The third kappa shape index (κ3) is 22.7. The van der Waals surface area contributed by atoms with Crippen molar-refractivity contribution in [3.05, 3.63) is 205 Å². The van der Waals surface area contributed by atoms with Gasteiger partial charge in [0, 0.05) is 118 Å². The predicted molar refractivity (Wildman–Crippen MR) is 405 cm³/mol. The van der Waals surface area contributed by atoms with E-state index in [4.69, 9.17) is 14.9 Å². The van der Waals surface area contributed by atoms with Gasteiger partial charge in [0.05, 0.1) is 38.2 Å². The summed E-state index contributed by atoms with van der Waals surface area (Å²) >= 11 is 6.26. The van der Waals surface area contributed by atoms with Gasteiger partial charge >= 0.3 is 6.18 Å². The molecule has 0 saturated carbocycles. The smallest absolute Gasteiger partial charge is 0.416 e. The average molecular weight is 1470 g/mol. The van der Waals surface area contributed by atoms with Gasteiger partial charge in [0.2, 0.25) is 23.8 Å². The molecule has 7 N–H and O–H groups in total. The van der Waals surface area contributed by atoms with E-state index < -0.39 is 11.7 Å². The van der Waals surface area contributed by atoms with Crippen LogP contribution in [0.4, 0.5) is 59.7 Å². The van der Waals surface area contributed by atoms with E-state index in [1.807, 2.05) is 43.8 Å². The molecule has 1 saturated heterocycles. The number of likely N-dealkylation sites (tertiary alicyclic amines) is 1. The number of halogens is 3. The van der Waals surface area contributed by atoms with Gasteiger partial charge in [-0.05, 0) is 181 Å². The van der Waals surface area contributed by atoms with Gasteiger partial charge in [0.15, 0.2) is 0 Å². The van der Waals surface area contributed by atoms with Crippen LogP contribution in [0.5, 0.6) is 5.75 Å². The topological polar surface area (TPSA) is 279 Å². The van der Waals surface area contributed by atoms with E-state index >= 15 is 0 Å². The van der Waals surface area contributed by atoms with Crippen molar-refractivity contribution in [2.75, 3.05) is 61.7 Å². The maximum Gasteiger partial charge on any atom is 0.416 e. The van der Waals surface area contributed by atoms with Crippen LogP contribution in [-0.4, -0.2) is 131 Å². The standard InChI is InChI=1S/C21H25N5OS.C19H23N5OS.C18H20N4S.C16H13F3N4O2S/c1-14-8-15(2)10-16(9-14)24-21-22-6-5-19(25-21)20-23-11-18(28-20)12-26-7-3-4-17(26)13-27;1-13-8-14(2)10-15(9-13)22-19-20-5-4-17(23-19)18-21-11-16(26-18)12-24(3)6-7-25;1-4-5-15-11-20-17(23-15)16-6-7-19-18(22-16)21-14-9-12(2)8-13(3)10-14;1-25-12-5-9(16(17,18)19)4-10(6-12)22-15-20-3-2-13(23-15)14-21-11(7-24)8-26-14/h5-6,8-11,17,27H,3-4,7,12-13H2,1-2H3,(H,22,24,25);4-5,8-11,25H,6-7,12H2,1-3H3,(H,20,22,23);6-11H,4-5H2,1-3H3,(H,19,21,22);2-6,8,24H,7H2,1H3,(H,20,22,23)/t17-;;;/m0.../s1. The quantitative estimate of drug-likeness (QED) is 0.0313. The molecule has 536 valence electrons. The summed E-state index contributed by atoms with van der Waals surface area (Å²) in [4.78, 5) is 60.9. The van der Waals surface area contributed by atoms with E-state index in [0.717, 1.165) is 111 Å². The summed E-state index contributed by atoms with van der Waals surface area (Å²) in [6, 6.07) is 29.7. The molecule has 1 aliphatic heterocycles. The maximum absolute atomic E-state index is 13.0. The number of thiazole rings is 4. The summed E-state index contributed by atoms with van der Waals surface area (Å²) in [5, 5.41) is 45.2. The number of aliphatic hydroxyl groups excluding tert-OH is 3. The summed E-state index contributed by atoms with van der Waals surface area (Å²) < 4.78 is 43.9. The molecule has 1 aliphatic rings. The third-order valence-corrected chi connectivity index (χ3v) is 19.5. The lowest BCUT2D eigenvalue weighted by Crippen LogP contribution is -2.31. The van der Waals surface area contributed by atoms with Gasteiger partial charge in [-0.25, -0.2) is 59.8 Å². The number of hydrogen-bond donors (Lipinski definition) is 7. The van der Waals surface area contributed by atoms with Crippen molar-refractivity contribution >= 4 is 91.9 Å². The van der Waals surface area contributed by atoms with Crippen LogP contribution >= 0.6 is 45.3 Å². The Morgan fingerprint density at radius 1 is 0.544 bits per heavy atom. The number of nitrogens with one attached hydrogen (secondary N) is 4. The molecule has 0 radical (unpaired) electrons. The highest BCUT2D eigenvalue weighted by atomic mass is 32.1. The van der Waals surface area contributed by atoms with E-state index in [1.54, 1.807) is 64.0 Å². The summed E-state index contributed by atoms with van der Waals surface area (Å²) in [5.74, 6) is 1.90. The minimum atomic E-state index is -4.50. The second kappa shape index (κ2) is 36.4. The molecule has 0 bridgehead atoms. The fourth-order valence-corrected chi connectivity index (χ4v) is 14.7. The van der Waals surface area contributed by atoms with Crippen molar-refractivity contribution in [3.63, 3.8) is 0 Å². The molecule has 0 spiro atoms. The Kier molecular flexibility index (Phi) is 26.9. The zero-order chi connectivity index (χ0) is 73.0. The number of aliphatic hydroxyl groups is 3. The van der Waals surface area contributed by atoms with E-state index in [9.17, 15) is 18.3 Å². The number of benzene rings is 4. The fourth-order valence-electron chi connectivity index (χ4n) is 11.1. The normalized spacial score (nSPS) is 12.8.